The Morgan fingerprint density at radius 1 is 1.44 bits per heavy atom. The van der Waals surface area contributed by atoms with Gasteiger partial charge in [0.2, 0.25) is 0 Å². The van der Waals surface area contributed by atoms with Gasteiger partial charge < -0.3 is 15.3 Å². The summed E-state index contributed by atoms with van der Waals surface area (Å²) in [5.41, 5.74) is 0. The van der Waals surface area contributed by atoms with Crippen molar-refractivity contribution in [1.29, 1.82) is 0 Å². The van der Waals surface area contributed by atoms with E-state index in [2.05, 4.69) is 5.32 Å². The molecule has 0 aromatic rings. The standard InChI is InChI=1S/C5H13NO3/c1-2-6-5(9)4(8)3-7/h4-9H,2-3H2,1H3. The Balaban J connectivity index is 3.32. The van der Waals surface area contributed by atoms with Crippen LogP contribution in [-0.4, -0.2) is 40.8 Å². The average molecular weight is 135 g/mol. The number of aliphatic hydroxyl groups excluding tert-OH is 3. The Bertz CT molecular complexity index is 69.2. The van der Waals surface area contributed by atoms with Crippen molar-refractivity contribution in [3.63, 3.8) is 0 Å². The third-order valence-electron chi connectivity index (χ3n) is 0.965. The molecule has 0 saturated heterocycles. The van der Waals surface area contributed by atoms with Gasteiger partial charge in [-0.1, -0.05) is 6.92 Å². The molecule has 0 spiro atoms. The molecule has 0 aromatic heterocycles. The molecular formula is C5H13NO3. The van der Waals surface area contributed by atoms with Crippen LogP contribution in [0.3, 0.4) is 0 Å². The Hall–Kier alpha value is -0.160. The van der Waals surface area contributed by atoms with Crippen LogP contribution in [0.1, 0.15) is 6.92 Å². The van der Waals surface area contributed by atoms with Gasteiger partial charge in [-0.05, 0) is 6.54 Å². The normalized spacial score (nSPS) is 17.3. The van der Waals surface area contributed by atoms with Crippen molar-refractivity contribution < 1.29 is 15.3 Å². The lowest BCUT2D eigenvalue weighted by Crippen LogP contribution is -2.41. The summed E-state index contributed by atoms with van der Waals surface area (Å²) in [6.07, 6.45) is -2.09. The zero-order valence-corrected chi connectivity index (χ0v) is 5.41. The summed E-state index contributed by atoms with van der Waals surface area (Å²) in [5.74, 6) is 0. The van der Waals surface area contributed by atoms with Crippen molar-refractivity contribution in [2.45, 2.75) is 19.3 Å². The first-order valence-corrected chi connectivity index (χ1v) is 2.92. The van der Waals surface area contributed by atoms with Crippen LogP contribution in [0.2, 0.25) is 0 Å². The number of hydrogen-bond acceptors (Lipinski definition) is 4. The van der Waals surface area contributed by atoms with Gasteiger partial charge in [-0.2, -0.15) is 0 Å². The number of likely N-dealkylation sites (N-methyl/N-ethyl adjacent to an activating group) is 1. The van der Waals surface area contributed by atoms with E-state index >= 15 is 0 Å². The highest BCUT2D eigenvalue weighted by Gasteiger charge is 2.11. The lowest BCUT2D eigenvalue weighted by Gasteiger charge is -2.15. The van der Waals surface area contributed by atoms with E-state index in [0.717, 1.165) is 0 Å². The fourth-order valence-corrected chi connectivity index (χ4v) is 0.445. The van der Waals surface area contributed by atoms with Gasteiger partial charge >= 0.3 is 0 Å². The molecule has 0 aromatic carbocycles. The Morgan fingerprint density at radius 2 is 2.00 bits per heavy atom. The number of hydrogen-bond donors (Lipinski definition) is 4. The molecule has 4 heteroatoms. The molecule has 0 fully saturated rings. The molecule has 0 aliphatic carbocycles. The molecule has 2 unspecified atom stereocenters. The summed E-state index contributed by atoms with van der Waals surface area (Å²) in [4.78, 5) is 0. The summed E-state index contributed by atoms with van der Waals surface area (Å²) >= 11 is 0. The number of nitrogens with one attached hydrogen (secondary N) is 1. The smallest absolute Gasteiger partial charge is 0.133 e. The maximum atomic E-state index is 8.80. The Morgan fingerprint density at radius 3 is 2.33 bits per heavy atom. The molecule has 0 rings (SSSR count). The van der Waals surface area contributed by atoms with Crippen LogP contribution < -0.4 is 5.32 Å². The van der Waals surface area contributed by atoms with Crippen LogP contribution in [0.4, 0.5) is 0 Å². The summed E-state index contributed by atoms with van der Waals surface area (Å²) in [6.45, 7) is 1.94. The zero-order chi connectivity index (χ0) is 7.28. The van der Waals surface area contributed by atoms with E-state index < -0.39 is 18.9 Å². The Kier molecular flexibility index (Phi) is 4.61. The van der Waals surface area contributed by atoms with Crippen LogP contribution in [0, 0.1) is 0 Å². The molecule has 9 heavy (non-hydrogen) atoms. The lowest BCUT2D eigenvalue weighted by molar-refractivity contribution is -0.0296. The maximum Gasteiger partial charge on any atom is 0.133 e. The van der Waals surface area contributed by atoms with E-state index in [1.54, 1.807) is 6.92 Å². The summed E-state index contributed by atoms with van der Waals surface area (Å²) in [7, 11) is 0. The second-order valence-electron chi connectivity index (χ2n) is 1.75. The van der Waals surface area contributed by atoms with Gasteiger partial charge in [-0.3, -0.25) is 5.32 Å². The van der Waals surface area contributed by atoms with E-state index in [0.29, 0.717) is 6.54 Å². The third kappa shape index (κ3) is 3.42. The molecule has 56 valence electrons. The topological polar surface area (TPSA) is 72.7 Å². The van der Waals surface area contributed by atoms with Gasteiger partial charge in [0, 0.05) is 0 Å². The van der Waals surface area contributed by atoms with Gasteiger partial charge in [0.15, 0.2) is 0 Å². The predicted octanol–water partition coefficient (Wildman–Crippen LogP) is -1.73. The van der Waals surface area contributed by atoms with E-state index in [4.69, 9.17) is 15.3 Å². The van der Waals surface area contributed by atoms with Crippen molar-refractivity contribution in [3.8, 4) is 0 Å². The van der Waals surface area contributed by atoms with Gasteiger partial charge in [-0.25, -0.2) is 0 Å². The Labute approximate surface area is 54.1 Å². The molecule has 0 amide bonds. The predicted molar refractivity (Wildman–Crippen MR) is 32.8 cm³/mol. The van der Waals surface area contributed by atoms with Gasteiger partial charge in [-0.15, -0.1) is 0 Å². The first-order valence-electron chi connectivity index (χ1n) is 2.92. The molecule has 0 saturated carbocycles. The van der Waals surface area contributed by atoms with Crippen molar-refractivity contribution in [1.82, 2.24) is 5.32 Å². The largest absolute Gasteiger partial charge is 0.394 e. The van der Waals surface area contributed by atoms with Crippen molar-refractivity contribution in [3.05, 3.63) is 0 Å². The van der Waals surface area contributed by atoms with E-state index in [1.165, 1.54) is 0 Å². The SMILES string of the molecule is CCNC(O)C(O)CO. The highest BCUT2D eigenvalue weighted by Crippen LogP contribution is 1.85. The number of rotatable bonds is 4. The first kappa shape index (κ1) is 8.84. The molecule has 0 radical (unpaired) electrons. The van der Waals surface area contributed by atoms with Crippen molar-refractivity contribution in [2.75, 3.05) is 13.2 Å². The third-order valence-corrected chi connectivity index (χ3v) is 0.965. The van der Waals surface area contributed by atoms with E-state index in [9.17, 15) is 0 Å². The van der Waals surface area contributed by atoms with Crippen molar-refractivity contribution >= 4 is 0 Å². The van der Waals surface area contributed by atoms with Crippen LogP contribution in [-0.2, 0) is 0 Å². The van der Waals surface area contributed by atoms with Crippen LogP contribution in [0.25, 0.3) is 0 Å². The van der Waals surface area contributed by atoms with Crippen LogP contribution >= 0.6 is 0 Å². The highest BCUT2D eigenvalue weighted by atomic mass is 16.4. The molecule has 0 heterocycles. The average Bonchev–Trinajstić information content (AvgIpc) is 1.87. The minimum atomic E-state index is -1.08. The molecule has 0 aliphatic heterocycles. The van der Waals surface area contributed by atoms with Crippen molar-refractivity contribution in [2.24, 2.45) is 0 Å². The lowest BCUT2D eigenvalue weighted by atomic mass is 10.3. The molecule has 0 bridgehead atoms. The van der Waals surface area contributed by atoms with E-state index in [-0.39, 0.29) is 0 Å². The van der Waals surface area contributed by atoms with Crippen LogP contribution in [0.5, 0.6) is 0 Å². The quantitative estimate of drug-likeness (QED) is 0.346. The highest BCUT2D eigenvalue weighted by molar-refractivity contribution is 4.61. The molecule has 0 aliphatic rings. The fraction of sp³-hybridized carbons (Fsp3) is 1.00. The van der Waals surface area contributed by atoms with E-state index in [1.807, 2.05) is 0 Å². The summed E-state index contributed by atoms with van der Waals surface area (Å²) in [5, 5.41) is 28.3. The van der Waals surface area contributed by atoms with Gasteiger partial charge in [0.25, 0.3) is 0 Å². The monoisotopic (exact) mass is 135 g/mol. The molecule has 4 nitrogen and oxygen atoms in total. The summed E-state index contributed by atoms with van der Waals surface area (Å²) in [6, 6.07) is 0. The van der Waals surface area contributed by atoms with Crippen LogP contribution in [0.15, 0.2) is 0 Å². The molecular weight excluding hydrogens is 122 g/mol. The maximum absolute atomic E-state index is 8.80. The molecule has 2 atom stereocenters. The van der Waals surface area contributed by atoms with Gasteiger partial charge in [0.1, 0.15) is 12.3 Å². The first-order chi connectivity index (χ1) is 4.22. The number of aliphatic hydroxyl groups is 3. The second-order valence-corrected chi connectivity index (χ2v) is 1.75. The molecule has 4 N–H and O–H groups in total. The fourth-order valence-electron chi connectivity index (χ4n) is 0.445. The second kappa shape index (κ2) is 4.69. The summed E-state index contributed by atoms with van der Waals surface area (Å²) < 4.78 is 0. The van der Waals surface area contributed by atoms with Gasteiger partial charge in [0.05, 0.1) is 6.61 Å². The zero-order valence-electron chi connectivity index (χ0n) is 5.41. The minimum Gasteiger partial charge on any atom is -0.394 e. The minimum absolute atomic E-state index is 0.422.